The number of hydrogen-bond acceptors (Lipinski definition) is 5. The van der Waals surface area contributed by atoms with Gasteiger partial charge < -0.3 is 5.32 Å². The summed E-state index contributed by atoms with van der Waals surface area (Å²) < 4.78 is 25.9. The first-order valence-electron chi connectivity index (χ1n) is 10.6. The van der Waals surface area contributed by atoms with E-state index in [-0.39, 0.29) is 11.8 Å². The number of benzene rings is 1. The maximum atomic E-state index is 12.1. The summed E-state index contributed by atoms with van der Waals surface area (Å²) in [6, 6.07) is 10.8. The lowest BCUT2D eigenvalue weighted by atomic mass is 10.00. The van der Waals surface area contributed by atoms with E-state index >= 15 is 0 Å². The van der Waals surface area contributed by atoms with Crippen LogP contribution in [0.1, 0.15) is 32.4 Å². The zero-order chi connectivity index (χ0) is 21.1. The summed E-state index contributed by atoms with van der Waals surface area (Å²) in [6.07, 6.45) is 8.12. The van der Waals surface area contributed by atoms with Crippen molar-refractivity contribution in [3.05, 3.63) is 54.6 Å². The number of hydrogen-bond donors (Lipinski definition) is 1. The lowest BCUT2D eigenvalue weighted by molar-refractivity contribution is 0.330. The van der Waals surface area contributed by atoms with Crippen molar-refractivity contribution in [2.75, 3.05) is 24.2 Å². The molecule has 30 heavy (non-hydrogen) atoms. The van der Waals surface area contributed by atoms with Crippen LogP contribution in [0.25, 0.3) is 21.9 Å². The molecule has 6 nitrogen and oxygen atoms in total. The number of fused-ring (bicyclic) bond motifs is 1. The molecule has 4 rings (SSSR count). The van der Waals surface area contributed by atoms with E-state index < -0.39 is 10.0 Å². The van der Waals surface area contributed by atoms with E-state index in [0.717, 1.165) is 52.5 Å². The standard InChI is InChI=1S/C23H28N4O2S/c1-3-20-6-5-18(15-25-20)19-13-17-7-10-24-16-22(17)23(14-19)26-21-8-11-27(12-9-21)30(28,29)4-2/h5-7,10,13-16,21,26H,3-4,8-9,11-12H2,1-2H3. The van der Waals surface area contributed by atoms with Crippen molar-refractivity contribution < 1.29 is 8.42 Å². The minimum Gasteiger partial charge on any atom is -0.382 e. The molecule has 0 saturated carbocycles. The van der Waals surface area contributed by atoms with Gasteiger partial charge in [0.2, 0.25) is 10.0 Å². The molecule has 0 aliphatic carbocycles. The van der Waals surface area contributed by atoms with Crippen LogP contribution in [0.15, 0.2) is 48.9 Å². The average Bonchev–Trinajstić information content (AvgIpc) is 2.79. The molecule has 0 radical (unpaired) electrons. The second-order valence-electron chi connectivity index (χ2n) is 7.73. The predicted octanol–water partition coefficient (Wildman–Crippen LogP) is 4.09. The quantitative estimate of drug-likeness (QED) is 0.645. The highest BCUT2D eigenvalue weighted by molar-refractivity contribution is 7.89. The Kier molecular flexibility index (Phi) is 6.01. The first-order valence-corrected chi connectivity index (χ1v) is 12.2. The van der Waals surface area contributed by atoms with Gasteiger partial charge >= 0.3 is 0 Å². The number of aryl methyl sites for hydroxylation is 1. The molecule has 1 saturated heterocycles. The summed E-state index contributed by atoms with van der Waals surface area (Å²) in [4.78, 5) is 8.85. The minimum atomic E-state index is -3.11. The van der Waals surface area contributed by atoms with Gasteiger partial charge in [-0.3, -0.25) is 9.97 Å². The third-order valence-electron chi connectivity index (χ3n) is 5.85. The molecule has 1 aromatic carbocycles. The van der Waals surface area contributed by atoms with Crippen LogP contribution in [0.3, 0.4) is 0 Å². The zero-order valence-corrected chi connectivity index (χ0v) is 18.3. The van der Waals surface area contributed by atoms with Gasteiger partial charge in [0.15, 0.2) is 0 Å². The lowest BCUT2D eigenvalue weighted by Crippen LogP contribution is -2.42. The number of anilines is 1. The molecule has 0 bridgehead atoms. The number of sulfonamides is 1. The maximum Gasteiger partial charge on any atom is 0.213 e. The summed E-state index contributed by atoms with van der Waals surface area (Å²) in [6.45, 7) is 4.93. The number of nitrogens with one attached hydrogen (secondary N) is 1. The highest BCUT2D eigenvalue weighted by atomic mass is 32.2. The fraction of sp³-hybridized carbons (Fsp3) is 0.391. The summed E-state index contributed by atoms with van der Waals surface area (Å²) in [5.74, 6) is 0.161. The van der Waals surface area contributed by atoms with E-state index in [9.17, 15) is 8.42 Å². The Morgan fingerprint density at radius 3 is 2.53 bits per heavy atom. The second kappa shape index (κ2) is 8.70. The van der Waals surface area contributed by atoms with E-state index in [0.29, 0.717) is 13.1 Å². The van der Waals surface area contributed by atoms with Crippen LogP contribution in [0.2, 0.25) is 0 Å². The molecule has 0 spiro atoms. The first kappa shape index (κ1) is 20.8. The number of pyridine rings is 2. The molecule has 1 fully saturated rings. The normalized spacial score (nSPS) is 16.1. The second-order valence-corrected chi connectivity index (χ2v) is 9.99. The fourth-order valence-corrected chi connectivity index (χ4v) is 5.10. The van der Waals surface area contributed by atoms with Gasteiger partial charge in [-0.2, -0.15) is 0 Å². The van der Waals surface area contributed by atoms with E-state index in [2.05, 4.69) is 46.5 Å². The Morgan fingerprint density at radius 2 is 1.87 bits per heavy atom. The Bertz CT molecular complexity index is 1120. The van der Waals surface area contributed by atoms with Gasteiger partial charge in [-0.25, -0.2) is 12.7 Å². The molecule has 158 valence electrons. The van der Waals surface area contributed by atoms with E-state index in [4.69, 9.17) is 0 Å². The van der Waals surface area contributed by atoms with Crippen LogP contribution >= 0.6 is 0 Å². The molecular weight excluding hydrogens is 396 g/mol. The molecule has 3 heterocycles. The average molecular weight is 425 g/mol. The molecule has 1 aliphatic rings. The molecule has 7 heteroatoms. The summed E-state index contributed by atoms with van der Waals surface area (Å²) in [5.41, 5.74) is 4.30. The smallest absolute Gasteiger partial charge is 0.213 e. The van der Waals surface area contributed by atoms with Crippen molar-refractivity contribution in [2.45, 2.75) is 39.2 Å². The number of piperidine rings is 1. The van der Waals surface area contributed by atoms with Gasteiger partial charge in [0.05, 0.1) is 5.75 Å². The van der Waals surface area contributed by atoms with Gasteiger partial charge in [-0.15, -0.1) is 0 Å². The molecule has 3 aromatic rings. The summed E-state index contributed by atoms with van der Waals surface area (Å²) in [7, 11) is -3.11. The molecule has 1 aliphatic heterocycles. The van der Waals surface area contributed by atoms with Crippen molar-refractivity contribution in [1.29, 1.82) is 0 Å². The van der Waals surface area contributed by atoms with E-state index in [1.807, 2.05) is 24.7 Å². The lowest BCUT2D eigenvalue weighted by Gasteiger charge is -2.32. The fourth-order valence-electron chi connectivity index (χ4n) is 3.97. The highest BCUT2D eigenvalue weighted by Gasteiger charge is 2.26. The molecule has 0 unspecified atom stereocenters. The van der Waals surface area contributed by atoms with Crippen LogP contribution in [0.5, 0.6) is 0 Å². The van der Waals surface area contributed by atoms with Crippen LogP contribution in [-0.2, 0) is 16.4 Å². The maximum absolute atomic E-state index is 12.1. The largest absolute Gasteiger partial charge is 0.382 e. The Balaban J connectivity index is 1.60. The van der Waals surface area contributed by atoms with Crippen molar-refractivity contribution >= 4 is 26.5 Å². The Hall–Kier alpha value is -2.51. The minimum absolute atomic E-state index is 0.161. The SMILES string of the molecule is CCc1ccc(-c2cc(NC3CCN(S(=O)(=O)CC)CC3)c3cnccc3c2)cn1. The van der Waals surface area contributed by atoms with Crippen molar-refractivity contribution in [3.8, 4) is 11.1 Å². The van der Waals surface area contributed by atoms with Crippen LogP contribution in [0, 0.1) is 0 Å². The first-order chi connectivity index (χ1) is 14.5. The summed E-state index contributed by atoms with van der Waals surface area (Å²) in [5, 5.41) is 5.86. The third-order valence-corrected chi connectivity index (χ3v) is 7.73. The van der Waals surface area contributed by atoms with Gasteiger partial charge in [-0.1, -0.05) is 13.0 Å². The van der Waals surface area contributed by atoms with Crippen LogP contribution in [0.4, 0.5) is 5.69 Å². The van der Waals surface area contributed by atoms with Gasteiger partial charge in [0, 0.05) is 60.1 Å². The highest BCUT2D eigenvalue weighted by Crippen LogP contribution is 2.32. The van der Waals surface area contributed by atoms with Gasteiger partial charge in [0.25, 0.3) is 0 Å². The Labute approximate surface area is 178 Å². The monoisotopic (exact) mass is 424 g/mol. The molecule has 1 N–H and O–H groups in total. The Morgan fingerprint density at radius 1 is 1.07 bits per heavy atom. The molecular formula is C23H28N4O2S. The van der Waals surface area contributed by atoms with Crippen molar-refractivity contribution in [1.82, 2.24) is 14.3 Å². The third kappa shape index (κ3) is 4.32. The summed E-state index contributed by atoms with van der Waals surface area (Å²) >= 11 is 0. The topological polar surface area (TPSA) is 75.2 Å². The van der Waals surface area contributed by atoms with Gasteiger partial charge in [-0.05, 0) is 61.4 Å². The zero-order valence-electron chi connectivity index (χ0n) is 17.5. The number of nitrogens with zero attached hydrogens (tertiary/aromatic N) is 3. The van der Waals surface area contributed by atoms with E-state index in [1.165, 1.54) is 0 Å². The number of aromatic nitrogens is 2. The number of rotatable bonds is 6. The predicted molar refractivity (Wildman–Crippen MR) is 122 cm³/mol. The van der Waals surface area contributed by atoms with E-state index in [1.54, 1.807) is 11.2 Å². The molecule has 0 atom stereocenters. The molecule has 2 aromatic heterocycles. The van der Waals surface area contributed by atoms with Crippen LogP contribution in [-0.4, -0.2) is 47.6 Å². The van der Waals surface area contributed by atoms with Crippen molar-refractivity contribution in [2.24, 2.45) is 0 Å². The van der Waals surface area contributed by atoms with Gasteiger partial charge in [0.1, 0.15) is 0 Å². The van der Waals surface area contributed by atoms with Crippen LogP contribution < -0.4 is 5.32 Å². The van der Waals surface area contributed by atoms with Crippen molar-refractivity contribution in [3.63, 3.8) is 0 Å². The molecule has 0 amide bonds.